The molecule has 2 aliphatic rings. The van der Waals surface area contributed by atoms with Crippen molar-refractivity contribution in [3.8, 4) is 12.3 Å². The summed E-state index contributed by atoms with van der Waals surface area (Å²) in [6.45, 7) is 5.21. The molecule has 1 amide bonds. The highest BCUT2D eigenvalue weighted by molar-refractivity contribution is 5.76. The third-order valence-electron chi connectivity index (χ3n) is 4.76. The van der Waals surface area contributed by atoms with Gasteiger partial charge in [-0.3, -0.25) is 9.69 Å². The monoisotopic (exact) mass is 355 g/mol. The van der Waals surface area contributed by atoms with Gasteiger partial charge in [0.25, 0.3) is 0 Å². The molecule has 1 saturated heterocycles. The van der Waals surface area contributed by atoms with Gasteiger partial charge in [-0.05, 0) is 6.07 Å². The highest BCUT2D eigenvalue weighted by atomic mass is 16.1. The number of carbonyl (C=O) groups excluding carboxylic acids is 1. The van der Waals surface area contributed by atoms with Gasteiger partial charge in [-0.2, -0.15) is 10.2 Å². The second-order valence-corrected chi connectivity index (χ2v) is 6.61. The molecule has 1 aromatic heterocycles. The predicted octanol–water partition coefficient (Wildman–Crippen LogP) is 1.07. The molecule has 26 heavy (non-hydrogen) atoms. The predicted molar refractivity (Wildman–Crippen MR) is 98.6 cm³/mol. The first-order valence-corrected chi connectivity index (χ1v) is 9.09. The van der Waals surface area contributed by atoms with Crippen LogP contribution in [0.2, 0.25) is 0 Å². The Hall–Kier alpha value is -2.53. The van der Waals surface area contributed by atoms with Crippen molar-refractivity contribution in [2.45, 2.75) is 31.3 Å². The minimum Gasteiger partial charge on any atom is -0.355 e. The molecule has 0 aliphatic carbocycles. The number of rotatable bonds is 9. The van der Waals surface area contributed by atoms with E-state index < -0.39 is 0 Å². The van der Waals surface area contributed by atoms with Crippen LogP contribution < -0.4 is 10.2 Å². The van der Waals surface area contributed by atoms with Crippen LogP contribution in [0.4, 0.5) is 5.95 Å². The topological polar surface area (TPSA) is 86.1 Å². The number of hydrogen-bond donors (Lipinski definition) is 1. The normalized spacial score (nSPS) is 18.3. The number of nitrogens with one attached hydrogen (secondary N) is 1. The number of terminal acetylenes is 1. The minimum absolute atomic E-state index is 0.0544. The van der Waals surface area contributed by atoms with E-state index in [-0.39, 0.29) is 11.6 Å². The Morgan fingerprint density at radius 1 is 1.19 bits per heavy atom. The van der Waals surface area contributed by atoms with Gasteiger partial charge in [-0.15, -0.1) is 12.3 Å². The quantitative estimate of drug-likeness (QED) is 0.670. The fraction of sp³-hybridized carbons (Fsp3) is 0.611. The lowest BCUT2D eigenvalue weighted by atomic mass is 10.0. The Kier molecular flexibility index (Phi) is 6.12. The van der Waals surface area contributed by atoms with Crippen LogP contribution in [0, 0.1) is 12.3 Å². The molecule has 0 saturated carbocycles. The largest absolute Gasteiger partial charge is 0.355 e. The van der Waals surface area contributed by atoms with E-state index in [9.17, 15) is 4.79 Å². The average molecular weight is 355 g/mol. The van der Waals surface area contributed by atoms with E-state index >= 15 is 0 Å². The third kappa shape index (κ3) is 5.23. The van der Waals surface area contributed by atoms with Gasteiger partial charge in [0.05, 0.1) is 0 Å². The van der Waals surface area contributed by atoms with Gasteiger partial charge in [-0.25, -0.2) is 9.97 Å². The summed E-state index contributed by atoms with van der Waals surface area (Å²) in [5.74, 6) is 3.44. The smallest absolute Gasteiger partial charge is 0.225 e. The Morgan fingerprint density at radius 3 is 2.58 bits per heavy atom. The van der Waals surface area contributed by atoms with Crippen LogP contribution in [0.25, 0.3) is 0 Å². The molecular formula is C18H25N7O. The van der Waals surface area contributed by atoms with Gasteiger partial charge in [0.1, 0.15) is 0 Å². The maximum atomic E-state index is 12.0. The maximum absolute atomic E-state index is 12.0. The molecule has 8 heteroatoms. The zero-order valence-corrected chi connectivity index (χ0v) is 15.0. The van der Waals surface area contributed by atoms with E-state index in [1.807, 2.05) is 6.07 Å². The van der Waals surface area contributed by atoms with Gasteiger partial charge in [0, 0.05) is 77.3 Å². The van der Waals surface area contributed by atoms with Gasteiger partial charge in [-0.1, -0.05) is 0 Å². The molecule has 0 atom stereocenters. The number of anilines is 1. The van der Waals surface area contributed by atoms with Gasteiger partial charge < -0.3 is 10.2 Å². The van der Waals surface area contributed by atoms with Crippen molar-refractivity contribution in [3.63, 3.8) is 0 Å². The molecule has 1 aromatic rings. The second kappa shape index (κ2) is 8.72. The third-order valence-corrected chi connectivity index (χ3v) is 4.76. The van der Waals surface area contributed by atoms with E-state index in [0.29, 0.717) is 25.8 Å². The molecule has 3 heterocycles. The molecule has 0 unspecified atom stereocenters. The fourth-order valence-electron chi connectivity index (χ4n) is 3.05. The molecule has 138 valence electrons. The summed E-state index contributed by atoms with van der Waals surface area (Å²) in [5, 5.41) is 11.1. The lowest BCUT2D eigenvalue weighted by Gasteiger charge is -2.34. The summed E-state index contributed by atoms with van der Waals surface area (Å²) in [6.07, 6.45) is 11.3. The van der Waals surface area contributed by atoms with E-state index in [1.54, 1.807) is 12.4 Å². The zero-order valence-electron chi connectivity index (χ0n) is 15.0. The van der Waals surface area contributed by atoms with Crippen molar-refractivity contribution >= 4 is 11.9 Å². The Morgan fingerprint density at radius 2 is 1.92 bits per heavy atom. The summed E-state index contributed by atoms with van der Waals surface area (Å²) in [7, 11) is 0. The number of piperazine rings is 1. The minimum atomic E-state index is -0.375. The first-order valence-electron chi connectivity index (χ1n) is 9.09. The Labute approximate surface area is 154 Å². The summed E-state index contributed by atoms with van der Waals surface area (Å²) < 4.78 is 0. The first kappa shape index (κ1) is 18.3. The van der Waals surface area contributed by atoms with Crippen LogP contribution in [0.15, 0.2) is 28.7 Å². The maximum Gasteiger partial charge on any atom is 0.225 e. The van der Waals surface area contributed by atoms with Crippen LogP contribution in [0.5, 0.6) is 0 Å². The van der Waals surface area contributed by atoms with Crippen molar-refractivity contribution in [2.24, 2.45) is 10.2 Å². The van der Waals surface area contributed by atoms with Crippen molar-refractivity contribution in [3.05, 3.63) is 18.5 Å². The first-order chi connectivity index (χ1) is 12.7. The van der Waals surface area contributed by atoms with E-state index in [0.717, 1.165) is 45.1 Å². The fourth-order valence-corrected chi connectivity index (χ4v) is 3.05. The zero-order chi connectivity index (χ0) is 18.2. The molecule has 1 fully saturated rings. The van der Waals surface area contributed by atoms with Crippen LogP contribution in [-0.4, -0.2) is 65.7 Å². The average Bonchev–Trinajstić information content (AvgIpc) is 3.46. The molecule has 3 rings (SSSR count). The number of aromatic nitrogens is 2. The summed E-state index contributed by atoms with van der Waals surface area (Å²) >= 11 is 0. The van der Waals surface area contributed by atoms with Crippen molar-refractivity contribution < 1.29 is 4.79 Å². The lowest BCUT2D eigenvalue weighted by Crippen LogP contribution is -2.49. The molecule has 0 aromatic carbocycles. The van der Waals surface area contributed by atoms with Crippen LogP contribution >= 0.6 is 0 Å². The molecule has 8 nitrogen and oxygen atoms in total. The van der Waals surface area contributed by atoms with E-state index in [2.05, 4.69) is 41.2 Å². The molecule has 2 aliphatic heterocycles. The number of hydrogen-bond acceptors (Lipinski definition) is 7. The standard InChI is InChI=1S/C18H25N7O/c1-2-3-6-18(22-23-18)7-5-16(26)19-10-11-24-12-14-25(15-13-24)17-20-8-4-9-21-17/h1,4,8-9H,3,5-7,10-15H2,(H,19,26). The summed E-state index contributed by atoms with van der Waals surface area (Å²) in [5.41, 5.74) is -0.375. The molecule has 0 bridgehead atoms. The summed E-state index contributed by atoms with van der Waals surface area (Å²) in [6, 6.07) is 1.82. The number of amides is 1. The molecule has 1 N–H and O–H groups in total. The number of nitrogens with zero attached hydrogens (tertiary/aromatic N) is 6. The van der Waals surface area contributed by atoms with Gasteiger partial charge in [0.2, 0.25) is 11.9 Å². The highest BCUT2D eigenvalue weighted by Crippen LogP contribution is 2.37. The summed E-state index contributed by atoms with van der Waals surface area (Å²) in [4.78, 5) is 25.1. The number of carbonyl (C=O) groups is 1. The van der Waals surface area contributed by atoms with Crippen molar-refractivity contribution in [1.82, 2.24) is 20.2 Å². The van der Waals surface area contributed by atoms with Gasteiger partial charge in [0.15, 0.2) is 5.66 Å². The van der Waals surface area contributed by atoms with Crippen LogP contribution in [-0.2, 0) is 4.79 Å². The molecule has 0 spiro atoms. The van der Waals surface area contributed by atoms with Crippen LogP contribution in [0.1, 0.15) is 25.7 Å². The van der Waals surface area contributed by atoms with Crippen molar-refractivity contribution in [2.75, 3.05) is 44.2 Å². The SMILES string of the molecule is C#CCCC1(CCC(=O)NCCN2CCN(c3ncccn3)CC2)N=N1. The molecule has 0 radical (unpaired) electrons. The highest BCUT2D eigenvalue weighted by Gasteiger charge is 2.39. The Balaban J connectivity index is 1.27. The van der Waals surface area contributed by atoms with Gasteiger partial charge >= 0.3 is 0 Å². The Bertz CT molecular complexity index is 656. The van der Waals surface area contributed by atoms with E-state index in [4.69, 9.17) is 6.42 Å². The van der Waals surface area contributed by atoms with Crippen LogP contribution in [0.3, 0.4) is 0 Å². The molecular weight excluding hydrogens is 330 g/mol. The second-order valence-electron chi connectivity index (χ2n) is 6.61. The lowest BCUT2D eigenvalue weighted by molar-refractivity contribution is -0.121. The van der Waals surface area contributed by atoms with Crippen molar-refractivity contribution in [1.29, 1.82) is 0 Å². The van der Waals surface area contributed by atoms with E-state index in [1.165, 1.54) is 0 Å².